The van der Waals surface area contributed by atoms with E-state index in [4.69, 9.17) is 0 Å². The van der Waals surface area contributed by atoms with E-state index in [1.165, 1.54) is 4.57 Å². The molecule has 0 radical (unpaired) electrons. The summed E-state index contributed by atoms with van der Waals surface area (Å²) in [5.41, 5.74) is 2.29. The van der Waals surface area contributed by atoms with Gasteiger partial charge in [-0.15, -0.1) is 10.2 Å². The second-order valence-electron chi connectivity index (χ2n) is 7.29. The van der Waals surface area contributed by atoms with E-state index in [1.54, 1.807) is 37.1 Å². The Morgan fingerprint density at radius 1 is 1.18 bits per heavy atom. The summed E-state index contributed by atoms with van der Waals surface area (Å²) in [7, 11) is 1.81. The highest BCUT2D eigenvalue weighted by molar-refractivity contribution is 5.95. The molecule has 0 saturated heterocycles. The number of benzene rings is 1. The van der Waals surface area contributed by atoms with Crippen LogP contribution in [0.1, 0.15) is 60.0 Å². The zero-order valence-corrected chi connectivity index (χ0v) is 16.8. The molecular weight excluding hydrogens is 354 g/mol. The predicted molar refractivity (Wildman–Crippen MR) is 108 cm³/mol. The van der Waals surface area contributed by atoms with E-state index >= 15 is 0 Å². The Morgan fingerprint density at radius 3 is 2.57 bits per heavy atom. The number of nitrogens with zero attached hydrogens (tertiary/aromatic N) is 4. The normalized spacial score (nSPS) is 12.2. The van der Waals surface area contributed by atoms with E-state index in [2.05, 4.69) is 29.4 Å². The largest absolute Gasteiger partial charge is 0.342 e. The fraction of sp³-hybridized carbons (Fsp3) is 0.333. The van der Waals surface area contributed by atoms with Gasteiger partial charge in [0, 0.05) is 18.9 Å². The summed E-state index contributed by atoms with van der Waals surface area (Å²) < 4.78 is 3.25. The van der Waals surface area contributed by atoms with Crippen LogP contribution in [0.3, 0.4) is 0 Å². The monoisotopic (exact) mass is 379 g/mol. The lowest BCUT2D eigenvalue weighted by Gasteiger charge is -2.16. The summed E-state index contributed by atoms with van der Waals surface area (Å²) in [6.45, 7) is 7.77. The van der Waals surface area contributed by atoms with Crippen LogP contribution in [-0.2, 0) is 7.05 Å². The number of hydrogen-bond donors (Lipinski definition) is 1. The van der Waals surface area contributed by atoms with Gasteiger partial charge in [-0.25, -0.2) is 0 Å². The molecule has 2 aromatic heterocycles. The van der Waals surface area contributed by atoms with Crippen molar-refractivity contribution < 1.29 is 4.79 Å². The van der Waals surface area contributed by atoms with Gasteiger partial charge in [0.2, 0.25) is 0 Å². The molecule has 7 nitrogen and oxygen atoms in total. The molecule has 1 unspecified atom stereocenters. The van der Waals surface area contributed by atoms with Gasteiger partial charge in [-0.1, -0.05) is 26.0 Å². The van der Waals surface area contributed by atoms with E-state index in [1.807, 2.05) is 31.2 Å². The lowest BCUT2D eigenvalue weighted by molar-refractivity contribution is 0.0935. The number of aryl methyl sites for hydroxylation is 2. The van der Waals surface area contributed by atoms with Crippen molar-refractivity contribution in [2.45, 2.75) is 39.7 Å². The summed E-state index contributed by atoms with van der Waals surface area (Å²) in [6, 6.07) is 9.20. The summed E-state index contributed by atoms with van der Waals surface area (Å²) in [6.07, 6.45) is 3.28. The standard InChI is InChI=1S/C21H25N5O2/c1-13(2)16-7-6-8-17(11-16)26-10-9-14(3)18(21(26)28)20(27)23-15(4)19-24-22-12-25(19)5/h6-13,15H,1-5H3,(H,23,27). The molecule has 28 heavy (non-hydrogen) atoms. The zero-order valence-electron chi connectivity index (χ0n) is 16.8. The molecule has 2 heterocycles. The van der Waals surface area contributed by atoms with E-state index < -0.39 is 5.91 Å². The van der Waals surface area contributed by atoms with Crippen molar-refractivity contribution in [3.8, 4) is 5.69 Å². The summed E-state index contributed by atoms with van der Waals surface area (Å²) in [5.74, 6) is 0.537. The van der Waals surface area contributed by atoms with Crippen LogP contribution in [0.15, 0.2) is 47.7 Å². The summed E-state index contributed by atoms with van der Waals surface area (Å²) in [5, 5.41) is 10.7. The summed E-state index contributed by atoms with van der Waals surface area (Å²) >= 11 is 0. The van der Waals surface area contributed by atoms with Crippen LogP contribution in [0.25, 0.3) is 5.69 Å². The molecule has 1 amide bonds. The van der Waals surface area contributed by atoms with Crippen LogP contribution < -0.4 is 10.9 Å². The molecule has 0 aliphatic rings. The maximum Gasteiger partial charge on any atom is 0.268 e. The topological polar surface area (TPSA) is 81.8 Å². The Balaban J connectivity index is 1.97. The highest BCUT2D eigenvalue weighted by Gasteiger charge is 2.20. The second-order valence-corrected chi connectivity index (χ2v) is 7.29. The quantitative estimate of drug-likeness (QED) is 0.739. The van der Waals surface area contributed by atoms with Crippen LogP contribution in [0.5, 0.6) is 0 Å². The molecule has 1 atom stereocenters. The van der Waals surface area contributed by atoms with Crippen molar-refractivity contribution in [2.75, 3.05) is 0 Å². The highest BCUT2D eigenvalue weighted by Crippen LogP contribution is 2.18. The third-order valence-electron chi connectivity index (χ3n) is 4.82. The number of pyridine rings is 1. The maximum atomic E-state index is 13.1. The number of carbonyl (C=O) groups excluding carboxylic acids is 1. The van der Waals surface area contributed by atoms with Crippen LogP contribution >= 0.6 is 0 Å². The number of aromatic nitrogens is 4. The van der Waals surface area contributed by atoms with Crippen molar-refractivity contribution >= 4 is 5.91 Å². The minimum atomic E-state index is -0.424. The maximum absolute atomic E-state index is 13.1. The fourth-order valence-electron chi connectivity index (χ4n) is 3.16. The Labute approximate surface area is 164 Å². The van der Waals surface area contributed by atoms with Gasteiger partial charge in [-0.3, -0.25) is 14.2 Å². The van der Waals surface area contributed by atoms with Crippen molar-refractivity contribution in [2.24, 2.45) is 7.05 Å². The zero-order chi connectivity index (χ0) is 20.4. The molecule has 0 aliphatic heterocycles. The lowest BCUT2D eigenvalue weighted by atomic mass is 10.0. The first-order valence-electron chi connectivity index (χ1n) is 9.27. The van der Waals surface area contributed by atoms with Crippen LogP contribution in [-0.4, -0.2) is 25.2 Å². The van der Waals surface area contributed by atoms with Gasteiger partial charge in [0.15, 0.2) is 5.82 Å². The second kappa shape index (κ2) is 7.80. The average molecular weight is 379 g/mol. The van der Waals surface area contributed by atoms with E-state index in [0.29, 0.717) is 17.3 Å². The van der Waals surface area contributed by atoms with Gasteiger partial charge >= 0.3 is 0 Å². The van der Waals surface area contributed by atoms with Crippen LogP contribution in [0, 0.1) is 6.92 Å². The van der Waals surface area contributed by atoms with Gasteiger partial charge in [-0.05, 0) is 49.1 Å². The molecule has 0 aliphatic carbocycles. The van der Waals surface area contributed by atoms with Crippen molar-refractivity contribution in [3.05, 3.63) is 75.7 Å². The number of amides is 1. The summed E-state index contributed by atoms with van der Waals surface area (Å²) in [4.78, 5) is 26.0. The molecule has 1 N–H and O–H groups in total. The Morgan fingerprint density at radius 2 is 1.93 bits per heavy atom. The number of carbonyl (C=O) groups is 1. The fourth-order valence-corrected chi connectivity index (χ4v) is 3.16. The van der Waals surface area contributed by atoms with E-state index in [9.17, 15) is 9.59 Å². The third-order valence-corrected chi connectivity index (χ3v) is 4.82. The molecule has 3 aromatic rings. The minimum Gasteiger partial charge on any atom is -0.342 e. The molecule has 0 fully saturated rings. The number of nitrogens with one attached hydrogen (secondary N) is 1. The number of rotatable bonds is 5. The smallest absolute Gasteiger partial charge is 0.268 e. The first kappa shape index (κ1) is 19.5. The van der Waals surface area contributed by atoms with Crippen molar-refractivity contribution in [3.63, 3.8) is 0 Å². The highest BCUT2D eigenvalue weighted by atomic mass is 16.2. The molecule has 7 heteroatoms. The van der Waals surface area contributed by atoms with Gasteiger partial charge < -0.3 is 9.88 Å². The third kappa shape index (κ3) is 3.74. The molecule has 3 rings (SSSR count). The molecule has 146 valence electrons. The Hall–Kier alpha value is -3.22. The van der Waals surface area contributed by atoms with Crippen molar-refractivity contribution in [1.29, 1.82) is 0 Å². The first-order valence-corrected chi connectivity index (χ1v) is 9.27. The van der Waals surface area contributed by atoms with Gasteiger partial charge in [-0.2, -0.15) is 0 Å². The van der Waals surface area contributed by atoms with E-state index in [-0.39, 0.29) is 17.2 Å². The predicted octanol–water partition coefficient (Wildman–Crippen LogP) is 2.89. The van der Waals surface area contributed by atoms with Gasteiger partial charge in [0.1, 0.15) is 11.9 Å². The molecule has 0 saturated carbocycles. The molecule has 0 bridgehead atoms. The Bertz CT molecular complexity index is 1060. The van der Waals surface area contributed by atoms with E-state index in [0.717, 1.165) is 11.3 Å². The number of hydrogen-bond acceptors (Lipinski definition) is 4. The lowest BCUT2D eigenvalue weighted by Crippen LogP contribution is -2.35. The van der Waals surface area contributed by atoms with Crippen molar-refractivity contribution in [1.82, 2.24) is 24.6 Å². The van der Waals surface area contributed by atoms with Crippen LogP contribution in [0.2, 0.25) is 0 Å². The SMILES string of the molecule is Cc1ccn(-c2cccc(C(C)C)c2)c(=O)c1C(=O)NC(C)c1nncn1C. The van der Waals surface area contributed by atoms with Gasteiger partial charge in [0.05, 0.1) is 6.04 Å². The Kier molecular flexibility index (Phi) is 5.44. The molecular formula is C21H25N5O2. The molecule has 0 spiro atoms. The first-order chi connectivity index (χ1) is 13.3. The van der Waals surface area contributed by atoms with Crippen LogP contribution in [0.4, 0.5) is 0 Å². The van der Waals surface area contributed by atoms with Gasteiger partial charge in [0.25, 0.3) is 11.5 Å². The molecule has 1 aromatic carbocycles. The average Bonchev–Trinajstić information content (AvgIpc) is 3.08. The minimum absolute atomic E-state index is 0.131.